The molecule has 0 rings (SSSR count). The fraction of sp³-hybridized carbons (Fsp3) is 0.700. The molecule has 164 valence electrons. The largest absolute Gasteiger partial charge is 0.351 e. The van der Waals surface area contributed by atoms with Crippen LogP contribution in [0.4, 0.5) is 0 Å². The van der Waals surface area contributed by atoms with Crippen molar-refractivity contribution >= 4 is 34.9 Å². The second kappa shape index (κ2) is 13.7. The zero-order valence-corrected chi connectivity index (χ0v) is 17.9. The molecule has 3 unspecified atom stereocenters. The molecular formula is C20H33N3O6. The summed E-state index contributed by atoms with van der Waals surface area (Å²) in [5.41, 5.74) is 0. The molecule has 0 aliphatic carbocycles. The van der Waals surface area contributed by atoms with E-state index in [1.54, 1.807) is 7.05 Å². The van der Waals surface area contributed by atoms with Crippen LogP contribution in [0, 0.1) is 0 Å². The Morgan fingerprint density at radius 3 is 1.62 bits per heavy atom. The van der Waals surface area contributed by atoms with Crippen molar-refractivity contribution in [3.05, 3.63) is 0 Å². The summed E-state index contributed by atoms with van der Waals surface area (Å²) in [4.78, 5) is 70.3. The molecular weight excluding hydrogens is 378 g/mol. The number of amides is 2. The lowest BCUT2D eigenvalue weighted by atomic mass is 10.0. The summed E-state index contributed by atoms with van der Waals surface area (Å²) in [7, 11) is 1.59. The molecule has 29 heavy (non-hydrogen) atoms. The van der Waals surface area contributed by atoms with Gasteiger partial charge in [-0.2, -0.15) is 0 Å². The maximum Gasteiger partial charge on any atom is 0.237 e. The van der Waals surface area contributed by atoms with Crippen LogP contribution in [-0.4, -0.2) is 60.1 Å². The summed E-state index contributed by atoms with van der Waals surface area (Å²) in [5.74, 6) is -1.51. The summed E-state index contributed by atoms with van der Waals surface area (Å²) in [6.45, 7) is 5.52. The Bertz CT molecular complexity index is 632. The zero-order valence-electron chi connectivity index (χ0n) is 17.9. The number of hydrogen-bond acceptors (Lipinski definition) is 7. The van der Waals surface area contributed by atoms with Gasteiger partial charge in [-0.3, -0.25) is 19.2 Å². The third-order valence-electron chi connectivity index (χ3n) is 4.37. The Morgan fingerprint density at radius 2 is 1.21 bits per heavy atom. The highest BCUT2D eigenvalue weighted by Crippen LogP contribution is 2.06. The lowest BCUT2D eigenvalue weighted by molar-refractivity contribution is -0.129. The minimum absolute atomic E-state index is 0.0412. The number of nitrogens with one attached hydrogen (secondary N) is 3. The van der Waals surface area contributed by atoms with Crippen LogP contribution in [0.1, 0.15) is 66.2 Å². The molecule has 0 bridgehead atoms. The molecule has 3 N–H and O–H groups in total. The van der Waals surface area contributed by atoms with Gasteiger partial charge in [0.1, 0.15) is 17.3 Å². The zero-order chi connectivity index (χ0) is 22.6. The van der Waals surface area contributed by atoms with Crippen molar-refractivity contribution in [2.75, 3.05) is 7.05 Å². The van der Waals surface area contributed by atoms with Gasteiger partial charge in [0.2, 0.25) is 11.8 Å². The van der Waals surface area contributed by atoms with Gasteiger partial charge in [-0.05, 0) is 47.6 Å². The van der Waals surface area contributed by atoms with Crippen LogP contribution >= 0.6 is 0 Å². The molecule has 0 aromatic carbocycles. The van der Waals surface area contributed by atoms with Crippen molar-refractivity contribution < 1.29 is 28.8 Å². The molecule has 0 fully saturated rings. The Hall–Kier alpha value is -2.42. The molecule has 3 atom stereocenters. The maximum atomic E-state index is 12.4. The van der Waals surface area contributed by atoms with Crippen LogP contribution in [0.3, 0.4) is 0 Å². The Labute approximate surface area is 171 Å². The van der Waals surface area contributed by atoms with Gasteiger partial charge in [-0.15, -0.1) is 0 Å². The first-order valence-electron chi connectivity index (χ1n) is 9.72. The van der Waals surface area contributed by atoms with Crippen molar-refractivity contribution in [2.45, 2.75) is 84.3 Å². The lowest BCUT2D eigenvalue weighted by Gasteiger charge is -2.23. The average Bonchev–Trinajstić information content (AvgIpc) is 2.57. The van der Waals surface area contributed by atoms with E-state index in [9.17, 15) is 28.8 Å². The molecule has 9 heteroatoms. The summed E-state index contributed by atoms with van der Waals surface area (Å²) in [6.07, 6.45) is 0.672. The monoisotopic (exact) mass is 411 g/mol. The van der Waals surface area contributed by atoms with Gasteiger partial charge < -0.3 is 25.5 Å². The summed E-state index contributed by atoms with van der Waals surface area (Å²) >= 11 is 0. The molecule has 9 nitrogen and oxygen atoms in total. The van der Waals surface area contributed by atoms with Gasteiger partial charge in [0, 0.05) is 31.7 Å². The summed E-state index contributed by atoms with van der Waals surface area (Å²) in [6, 6.07) is -2.16. The number of hydrogen-bond donors (Lipinski definition) is 3. The molecule has 0 spiro atoms. The van der Waals surface area contributed by atoms with Crippen molar-refractivity contribution in [3.8, 4) is 0 Å². The molecule has 0 aliphatic rings. The molecule has 0 aliphatic heterocycles. The quantitative estimate of drug-likeness (QED) is 0.351. The van der Waals surface area contributed by atoms with Crippen molar-refractivity contribution in [2.24, 2.45) is 0 Å². The molecule has 0 saturated heterocycles. The number of rotatable bonds is 15. The number of ketones is 4. The SMILES string of the molecule is CNC(CCC(C)=O)C(=O)NC(CC(C)=O)CC(=O)NC(CCC(C)=O)C(C)=O. The van der Waals surface area contributed by atoms with E-state index in [2.05, 4.69) is 16.0 Å². The van der Waals surface area contributed by atoms with Gasteiger partial charge >= 0.3 is 0 Å². The van der Waals surface area contributed by atoms with E-state index >= 15 is 0 Å². The van der Waals surface area contributed by atoms with Gasteiger partial charge in [0.25, 0.3) is 0 Å². The van der Waals surface area contributed by atoms with Crippen molar-refractivity contribution in [1.29, 1.82) is 0 Å². The van der Waals surface area contributed by atoms with Gasteiger partial charge in [0.05, 0.1) is 12.1 Å². The minimum atomic E-state index is -0.791. The smallest absolute Gasteiger partial charge is 0.237 e. The van der Waals surface area contributed by atoms with Crippen LogP contribution in [0.2, 0.25) is 0 Å². The van der Waals surface area contributed by atoms with Crippen LogP contribution in [0.15, 0.2) is 0 Å². The van der Waals surface area contributed by atoms with Gasteiger partial charge in [0.15, 0.2) is 5.78 Å². The van der Waals surface area contributed by atoms with E-state index in [0.717, 1.165) is 0 Å². The van der Waals surface area contributed by atoms with Crippen LogP contribution < -0.4 is 16.0 Å². The minimum Gasteiger partial charge on any atom is -0.351 e. The molecule has 0 saturated carbocycles. The summed E-state index contributed by atoms with van der Waals surface area (Å²) < 4.78 is 0. The van der Waals surface area contributed by atoms with Crippen LogP contribution in [0.5, 0.6) is 0 Å². The number of carbonyl (C=O) groups excluding carboxylic acids is 6. The maximum absolute atomic E-state index is 12.4. The standard InChI is InChI=1S/C20H33N3O6/c1-12(24)6-8-17(15(4)27)23-19(28)11-16(10-14(3)26)22-20(29)18(21-5)9-7-13(2)25/h16-18,21H,6-11H2,1-5H3,(H,22,29)(H,23,28). The van der Waals surface area contributed by atoms with Crippen molar-refractivity contribution in [3.63, 3.8) is 0 Å². The van der Waals surface area contributed by atoms with Gasteiger partial charge in [-0.1, -0.05) is 0 Å². The van der Waals surface area contributed by atoms with Crippen LogP contribution in [-0.2, 0) is 28.8 Å². The highest BCUT2D eigenvalue weighted by molar-refractivity contribution is 5.89. The number of Topliss-reactive ketones (excluding diaryl/α,β-unsaturated/α-hetero) is 4. The first kappa shape index (κ1) is 26.6. The Kier molecular flexibility index (Phi) is 12.6. The number of likely N-dealkylation sites (N-methyl/N-ethyl adjacent to an activating group) is 1. The van der Waals surface area contributed by atoms with E-state index in [1.165, 1.54) is 27.7 Å². The van der Waals surface area contributed by atoms with E-state index in [0.29, 0.717) is 6.42 Å². The number of carbonyl (C=O) groups is 6. The van der Waals surface area contributed by atoms with E-state index in [1.807, 2.05) is 0 Å². The van der Waals surface area contributed by atoms with E-state index in [4.69, 9.17) is 0 Å². The predicted molar refractivity (Wildman–Crippen MR) is 107 cm³/mol. The predicted octanol–water partition coefficient (Wildman–Crippen LogP) is 0.241. The molecule has 0 aromatic rings. The lowest BCUT2D eigenvalue weighted by Crippen LogP contribution is -2.49. The summed E-state index contributed by atoms with van der Waals surface area (Å²) in [5, 5.41) is 8.06. The fourth-order valence-corrected chi connectivity index (χ4v) is 2.78. The third-order valence-corrected chi connectivity index (χ3v) is 4.37. The van der Waals surface area contributed by atoms with E-state index in [-0.39, 0.29) is 55.2 Å². The average molecular weight is 411 g/mol. The van der Waals surface area contributed by atoms with E-state index < -0.39 is 29.9 Å². The normalized spacial score (nSPS) is 13.7. The topological polar surface area (TPSA) is 139 Å². The second-order valence-electron chi connectivity index (χ2n) is 7.37. The fourth-order valence-electron chi connectivity index (χ4n) is 2.78. The first-order valence-corrected chi connectivity index (χ1v) is 9.72. The van der Waals surface area contributed by atoms with Gasteiger partial charge in [-0.25, -0.2) is 0 Å². The molecule has 0 heterocycles. The Morgan fingerprint density at radius 1 is 0.690 bits per heavy atom. The first-order chi connectivity index (χ1) is 13.5. The molecule has 2 amide bonds. The van der Waals surface area contributed by atoms with Crippen molar-refractivity contribution in [1.82, 2.24) is 16.0 Å². The highest BCUT2D eigenvalue weighted by Gasteiger charge is 2.25. The third kappa shape index (κ3) is 12.6. The highest BCUT2D eigenvalue weighted by atomic mass is 16.2. The van der Waals surface area contributed by atoms with Crippen LogP contribution in [0.25, 0.3) is 0 Å². The molecule has 0 aromatic heterocycles. The second-order valence-corrected chi connectivity index (χ2v) is 7.37. The Balaban J connectivity index is 4.99. The molecule has 0 radical (unpaired) electrons.